The number of nitrogens with one attached hydrogen (secondary N) is 2. The van der Waals surface area contributed by atoms with Crippen molar-refractivity contribution in [1.29, 1.82) is 0 Å². The molecule has 1 aliphatic heterocycles. The van der Waals surface area contributed by atoms with Crippen LogP contribution >= 0.6 is 0 Å². The molecule has 0 aliphatic carbocycles. The predicted molar refractivity (Wildman–Crippen MR) is 67.3 cm³/mol. The van der Waals surface area contributed by atoms with E-state index in [0.717, 1.165) is 16.9 Å². The quantitative estimate of drug-likeness (QED) is 0.835. The molecular formula is C12H17N3O2. The third kappa shape index (κ3) is 2.50. The van der Waals surface area contributed by atoms with Crippen molar-refractivity contribution in [3.63, 3.8) is 0 Å². The molecule has 0 aromatic heterocycles. The lowest BCUT2D eigenvalue weighted by Gasteiger charge is -2.29. The highest BCUT2D eigenvalue weighted by Gasteiger charge is 2.21. The Kier molecular flexibility index (Phi) is 3.49. The van der Waals surface area contributed by atoms with E-state index in [1.807, 2.05) is 25.2 Å². The van der Waals surface area contributed by atoms with E-state index < -0.39 is 0 Å². The number of methoxy groups -OCH3 is 1. The van der Waals surface area contributed by atoms with Crippen LogP contribution in [0.5, 0.6) is 0 Å². The van der Waals surface area contributed by atoms with E-state index in [9.17, 15) is 4.79 Å². The van der Waals surface area contributed by atoms with Crippen LogP contribution < -0.4 is 10.6 Å². The van der Waals surface area contributed by atoms with Crippen molar-refractivity contribution in [2.45, 2.75) is 6.54 Å². The van der Waals surface area contributed by atoms with Gasteiger partial charge in [0.25, 0.3) is 0 Å². The maximum absolute atomic E-state index is 11.8. The minimum absolute atomic E-state index is 0.0668. The first-order chi connectivity index (χ1) is 8.24. The molecule has 0 fully saturated rings. The molecule has 2 N–H and O–H groups in total. The number of urea groups is 1. The summed E-state index contributed by atoms with van der Waals surface area (Å²) in [5.74, 6) is 0. The number of hydrogen-bond acceptors (Lipinski definition) is 3. The van der Waals surface area contributed by atoms with Crippen LogP contribution in [-0.4, -0.2) is 38.2 Å². The maximum Gasteiger partial charge on any atom is 0.322 e. The zero-order chi connectivity index (χ0) is 12.3. The number of fused-ring (bicyclic) bond motifs is 1. The summed E-state index contributed by atoms with van der Waals surface area (Å²) in [7, 11) is 3.49. The van der Waals surface area contributed by atoms with Crippen LogP contribution in [0, 0.1) is 0 Å². The van der Waals surface area contributed by atoms with E-state index in [0.29, 0.717) is 19.7 Å². The van der Waals surface area contributed by atoms with Crippen molar-refractivity contribution in [1.82, 2.24) is 4.90 Å². The van der Waals surface area contributed by atoms with Crippen molar-refractivity contribution in [2.75, 3.05) is 37.9 Å². The fourth-order valence-electron chi connectivity index (χ4n) is 1.84. The van der Waals surface area contributed by atoms with E-state index >= 15 is 0 Å². The van der Waals surface area contributed by atoms with Gasteiger partial charge in [0.05, 0.1) is 6.61 Å². The third-order valence-corrected chi connectivity index (χ3v) is 2.85. The summed E-state index contributed by atoms with van der Waals surface area (Å²) >= 11 is 0. The van der Waals surface area contributed by atoms with E-state index in [-0.39, 0.29) is 6.03 Å². The summed E-state index contributed by atoms with van der Waals surface area (Å²) in [5, 5.41) is 5.94. The number of hydrogen-bond donors (Lipinski definition) is 2. The van der Waals surface area contributed by atoms with Crippen molar-refractivity contribution in [3.05, 3.63) is 23.8 Å². The van der Waals surface area contributed by atoms with Gasteiger partial charge in [-0.05, 0) is 17.7 Å². The Morgan fingerprint density at radius 2 is 2.35 bits per heavy atom. The molecule has 5 nitrogen and oxygen atoms in total. The number of nitrogens with zero attached hydrogens (tertiary/aromatic N) is 1. The number of benzene rings is 1. The van der Waals surface area contributed by atoms with E-state index in [1.165, 1.54) is 0 Å². The Labute approximate surface area is 101 Å². The molecule has 1 aliphatic rings. The minimum Gasteiger partial charge on any atom is -0.388 e. The van der Waals surface area contributed by atoms with Gasteiger partial charge in [0, 0.05) is 38.6 Å². The number of carbonyl (C=O) groups is 1. The van der Waals surface area contributed by atoms with Crippen LogP contribution in [-0.2, 0) is 11.3 Å². The second-order valence-corrected chi connectivity index (χ2v) is 3.97. The fraction of sp³-hybridized carbons (Fsp3) is 0.417. The number of rotatable bonds is 4. The van der Waals surface area contributed by atoms with E-state index in [4.69, 9.17) is 4.74 Å². The lowest BCUT2D eigenvalue weighted by molar-refractivity contribution is 0.151. The smallest absolute Gasteiger partial charge is 0.322 e. The minimum atomic E-state index is -0.0668. The molecule has 0 spiro atoms. The topological polar surface area (TPSA) is 53.6 Å². The van der Waals surface area contributed by atoms with Crippen LogP contribution in [0.4, 0.5) is 16.2 Å². The van der Waals surface area contributed by atoms with Gasteiger partial charge in [-0.25, -0.2) is 4.79 Å². The first-order valence-electron chi connectivity index (χ1n) is 5.60. The van der Waals surface area contributed by atoms with Crippen molar-refractivity contribution < 1.29 is 9.53 Å². The van der Waals surface area contributed by atoms with Crippen LogP contribution in [0.25, 0.3) is 0 Å². The standard InChI is InChI=1S/C12H17N3O2/c1-13-10-4-3-9-8-15(5-6-17-2)12(16)14-11(9)7-10/h3-4,7,13H,5-6,8H2,1-2H3,(H,14,16). The molecule has 1 aromatic carbocycles. The molecule has 0 atom stereocenters. The Balaban J connectivity index is 2.15. The highest BCUT2D eigenvalue weighted by molar-refractivity contribution is 5.93. The van der Waals surface area contributed by atoms with Crippen molar-refractivity contribution >= 4 is 17.4 Å². The van der Waals surface area contributed by atoms with Crippen LogP contribution in [0.15, 0.2) is 18.2 Å². The molecule has 0 unspecified atom stereocenters. The normalized spacial score (nSPS) is 14.2. The zero-order valence-corrected chi connectivity index (χ0v) is 10.1. The molecule has 5 heteroatoms. The first kappa shape index (κ1) is 11.7. The van der Waals surface area contributed by atoms with Gasteiger partial charge in [-0.2, -0.15) is 0 Å². The second-order valence-electron chi connectivity index (χ2n) is 3.97. The molecular weight excluding hydrogens is 218 g/mol. The Morgan fingerprint density at radius 1 is 1.53 bits per heavy atom. The molecule has 1 heterocycles. The summed E-state index contributed by atoms with van der Waals surface area (Å²) < 4.78 is 4.99. The van der Waals surface area contributed by atoms with Gasteiger partial charge in [-0.3, -0.25) is 0 Å². The fourth-order valence-corrected chi connectivity index (χ4v) is 1.84. The molecule has 1 aromatic rings. The van der Waals surface area contributed by atoms with Gasteiger partial charge >= 0.3 is 6.03 Å². The average molecular weight is 235 g/mol. The second kappa shape index (κ2) is 5.05. The van der Waals surface area contributed by atoms with Gasteiger partial charge in [0.1, 0.15) is 0 Å². The summed E-state index contributed by atoms with van der Waals surface area (Å²) in [5.41, 5.74) is 3.00. The highest BCUT2D eigenvalue weighted by atomic mass is 16.5. The molecule has 2 rings (SSSR count). The van der Waals surface area contributed by atoms with Gasteiger partial charge in [-0.1, -0.05) is 6.07 Å². The summed E-state index contributed by atoms with van der Waals surface area (Å²) in [6, 6.07) is 5.91. The van der Waals surface area contributed by atoms with Crippen molar-refractivity contribution in [3.8, 4) is 0 Å². The predicted octanol–water partition coefficient (Wildman–Crippen LogP) is 1.72. The maximum atomic E-state index is 11.8. The number of amides is 2. The lowest BCUT2D eigenvalue weighted by Crippen LogP contribution is -2.40. The molecule has 0 bridgehead atoms. The highest BCUT2D eigenvalue weighted by Crippen LogP contribution is 2.26. The Hall–Kier alpha value is -1.75. The molecule has 0 radical (unpaired) electrons. The van der Waals surface area contributed by atoms with Gasteiger partial charge in [-0.15, -0.1) is 0 Å². The SMILES string of the molecule is CNc1ccc2c(c1)NC(=O)N(CCOC)C2. The number of carbonyl (C=O) groups excluding carboxylic acids is 1. The third-order valence-electron chi connectivity index (χ3n) is 2.85. The zero-order valence-electron chi connectivity index (χ0n) is 10.1. The lowest BCUT2D eigenvalue weighted by atomic mass is 10.1. The molecule has 0 saturated heterocycles. The number of anilines is 2. The van der Waals surface area contributed by atoms with Gasteiger partial charge in [0.15, 0.2) is 0 Å². The average Bonchev–Trinajstić information content (AvgIpc) is 2.35. The van der Waals surface area contributed by atoms with E-state index in [1.54, 1.807) is 12.0 Å². The largest absolute Gasteiger partial charge is 0.388 e. The molecule has 17 heavy (non-hydrogen) atoms. The van der Waals surface area contributed by atoms with E-state index in [2.05, 4.69) is 10.6 Å². The van der Waals surface area contributed by atoms with Crippen LogP contribution in [0.3, 0.4) is 0 Å². The molecule has 0 saturated carbocycles. The summed E-state index contributed by atoms with van der Waals surface area (Å²) in [4.78, 5) is 13.5. The van der Waals surface area contributed by atoms with Crippen molar-refractivity contribution in [2.24, 2.45) is 0 Å². The Bertz CT molecular complexity index is 420. The molecule has 92 valence electrons. The Morgan fingerprint density at radius 3 is 3.06 bits per heavy atom. The number of ether oxygens (including phenoxy) is 1. The molecule has 2 amide bonds. The first-order valence-corrected chi connectivity index (χ1v) is 5.60. The van der Waals surface area contributed by atoms with Crippen LogP contribution in [0.1, 0.15) is 5.56 Å². The van der Waals surface area contributed by atoms with Gasteiger partial charge < -0.3 is 20.3 Å². The van der Waals surface area contributed by atoms with Crippen LogP contribution in [0.2, 0.25) is 0 Å². The monoisotopic (exact) mass is 235 g/mol. The van der Waals surface area contributed by atoms with Gasteiger partial charge in [0.2, 0.25) is 0 Å². The summed E-state index contributed by atoms with van der Waals surface area (Å²) in [6.07, 6.45) is 0. The summed E-state index contributed by atoms with van der Waals surface area (Å²) in [6.45, 7) is 1.79.